The Morgan fingerprint density at radius 2 is 1.88 bits per heavy atom. The smallest absolute Gasteiger partial charge is 0.251 e. The fourth-order valence-corrected chi connectivity index (χ4v) is 1.46. The first-order valence-corrected chi connectivity index (χ1v) is 6.82. The van der Waals surface area contributed by atoms with Gasteiger partial charge in [-0.05, 0) is 12.5 Å². The Morgan fingerprint density at radius 3 is 2.41 bits per heavy atom. The minimum absolute atomic E-state index is 0.785. The van der Waals surface area contributed by atoms with Crippen LogP contribution >= 0.6 is 0 Å². The zero-order chi connectivity index (χ0) is 12.9. The fraction of sp³-hybridized carbons (Fsp3) is 0.273. The molecule has 0 saturated heterocycles. The molecule has 0 atom stereocenters. The summed E-state index contributed by atoms with van der Waals surface area (Å²) in [6.07, 6.45) is 2.20. The quantitative estimate of drug-likeness (QED) is 0.462. The number of sulfonamides is 1. The van der Waals surface area contributed by atoms with E-state index in [-0.39, 0.29) is 0 Å². The summed E-state index contributed by atoms with van der Waals surface area (Å²) in [5, 5.41) is 5.55. The molecule has 0 aromatic heterocycles. The molecule has 0 aliphatic heterocycles. The van der Waals surface area contributed by atoms with Gasteiger partial charge in [0.1, 0.15) is 6.34 Å². The largest absolute Gasteiger partial charge is 0.256 e. The molecule has 17 heavy (non-hydrogen) atoms. The standard InChI is InChI=1S/C11H15N3O2S/c1-10(11-7-5-4-6-8-11)13-14(2)9-12-17(3,15)16/h4-9H,1-3H3/b12-9+,13-10+. The first-order chi connectivity index (χ1) is 7.88. The summed E-state index contributed by atoms with van der Waals surface area (Å²) < 4.78 is 25.0. The highest BCUT2D eigenvalue weighted by molar-refractivity contribution is 7.89. The van der Waals surface area contributed by atoms with Crippen molar-refractivity contribution in [2.45, 2.75) is 6.92 Å². The van der Waals surface area contributed by atoms with Gasteiger partial charge in [-0.25, -0.2) is 8.42 Å². The lowest BCUT2D eigenvalue weighted by molar-refractivity contribution is 0.559. The molecular formula is C11H15N3O2S. The number of rotatable bonds is 4. The van der Waals surface area contributed by atoms with Crippen molar-refractivity contribution in [3.8, 4) is 0 Å². The van der Waals surface area contributed by atoms with Crippen molar-refractivity contribution in [2.75, 3.05) is 13.3 Å². The van der Waals surface area contributed by atoms with E-state index >= 15 is 0 Å². The first kappa shape index (κ1) is 13.4. The monoisotopic (exact) mass is 253 g/mol. The lowest BCUT2D eigenvalue weighted by Gasteiger charge is -2.07. The van der Waals surface area contributed by atoms with Crippen LogP contribution in [0.25, 0.3) is 0 Å². The molecule has 92 valence electrons. The van der Waals surface area contributed by atoms with E-state index in [0.717, 1.165) is 17.5 Å². The average molecular weight is 253 g/mol. The van der Waals surface area contributed by atoms with Crippen LogP contribution in [0, 0.1) is 0 Å². The maximum Gasteiger partial charge on any atom is 0.251 e. The van der Waals surface area contributed by atoms with Crippen LogP contribution in [0.5, 0.6) is 0 Å². The van der Waals surface area contributed by atoms with Crippen LogP contribution in [0.1, 0.15) is 12.5 Å². The Labute approximate surface area is 102 Å². The van der Waals surface area contributed by atoms with Gasteiger partial charge in [0, 0.05) is 7.05 Å². The summed E-state index contributed by atoms with van der Waals surface area (Å²) in [4.78, 5) is 0. The highest BCUT2D eigenvalue weighted by Gasteiger charge is 1.98. The predicted molar refractivity (Wildman–Crippen MR) is 69.8 cm³/mol. The third-order valence-corrected chi connectivity index (χ3v) is 2.38. The second kappa shape index (κ2) is 5.58. The van der Waals surface area contributed by atoms with Crippen molar-refractivity contribution in [3.05, 3.63) is 35.9 Å². The summed E-state index contributed by atoms with van der Waals surface area (Å²) >= 11 is 0. The van der Waals surface area contributed by atoms with Crippen molar-refractivity contribution in [1.82, 2.24) is 5.01 Å². The van der Waals surface area contributed by atoms with Gasteiger partial charge in [-0.15, -0.1) is 0 Å². The summed E-state index contributed by atoms with van der Waals surface area (Å²) in [6, 6.07) is 9.62. The molecule has 0 spiro atoms. The highest BCUT2D eigenvalue weighted by atomic mass is 32.2. The van der Waals surface area contributed by atoms with E-state index in [1.807, 2.05) is 37.3 Å². The molecule has 6 heteroatoms. The zero-order valence-corrected chi connectivity index (χ0v) is 10.8. The van der Waals surface area contributed by atoms with Gasteiger partial charge in [0.15, 0.2) is 0 Å². The summed E-state index contributed by atoms with van der Waals surface area (Å²) in [7, 11) is -1.73. The van der Waals surface area contributed by atoms with Crippen LogP contribution < -0.4 is 0 Å². The van der Waals surface area contributed by atoms with Crippen LogP contribution in [0.15, 0.2) is 39.8 Å². The molecule has 1 aromatic rings. The average Bonchev–Trinajstić information content (AvgIpc) is 2.27. The third-order valence-electron chi connectivity index (χ3n) is 1.91. The molecule has 0 aliphatic carbocycles. The minimum atomic E-state index is -3.36. The predicted octanol–water partition coefficient (Wildman–Crippen LogP) is 1.33. The van der Waals surface area contributed by atoms with Gasteiger partial charge < -0.3 is 0 Å². The van der Waals surface area contributed by atoms with Crippen molar-refractivity contribution in [3.63, 3.8) is 0 Å². The maximum atomic E-state index is 10.8. The minimum Gasteiger partial charge on any atom is -0.256 e. The second-order valence-corrected chi connectivity index (χ2v) is 5.26. The topological polar surface area (TPSA) is 62.1 Å². The Hall–Kier alpha value is -1.69. The molecule has 0 bridgehead atoms. The Bertz CT molecular complexity index is 521. The van der Waals surface area contributed by atoms with E-state index < -0.39 is 10.0 Å². The van der Waals surface area contributed by atoms with Gasteiger partial charge in [-0.3, -0.25) is 5.01 Å². The van der Waals surface area contributed by atoms with Crippen LogP contribution in [0.4, 0.5) is 0 Å². The number of hydrogen-bond donors (Lipinski definition) is 0. The van der Waals surface area contributed by atoms with Crippen molar-refractivity contribution in [1.29, 1.82) is 0 Å². The molecule has 0 aliphatic rings. The maximum absolute atomic E-state index is 10.8. The molecule has 0 saturated carbocycles. The van der Waals surface area contributed by atoms with Crippen LogP contribution in [0.3, 0.4) is 0 Å². The van der Waals surface area contributed by atoms with Crippen LogP contribution in [-0.2, 0) is 10.0 Å². The van der Waals surface area contributed by atoms with E-state index in [9.17, 15) is 8.42 Å². The summed E-state index contributed by atoms with van der Waals surface area (Å²) in [5.74, 6) is 0. The number of benzene rings is 1. The van der Waals surface area contributed by atoms with Gasteiger partial charge in [-0.2, -0.15) is 9.50 Å². The number of hydrazone groups is 1. The lowest BCUT2D eigenvalue weighted by Crippen LogP contribution is -2.12. The fourth-order valence-electron chi connectivity index (χ4n) is 1.15. The Morgan fingerprint density at radius 1 is 1.29 bits per heavy atom. The number of hydrogen-bond acceptors (Lipinski definition) is 3. The third kappa shape index (κ3) is 5.26. The van der Waals surface area contributed by atoms with E-state index in [2.05, 4.69) is 9.50 Å². The molecule has 0 amide bonds. The van der Waals surface area contributed by atoms with Crippen molar-refractivity contribution < 1.29 is 8.42 Å². The molecule has 0 N–H and O–H groups in total. The first-order valence-electron chi connectivity index (χ1n) is 4.97. The molecule has 0 radical (unpaired) electrons. The SMILES string of the molecule is C/C(=N\N(C)/C=N/S(C)(=O)=O)c1ccccc1. The van der Waals surface area contributed by atoms with Crippen molar-refractivity contribution in [2.24, 2.45) is 9.50 Å². The van der Waals surface area contributed by atoms with Gasteiger partial charge in [0.2, 0.25) is 0 Å². The number of nitrogens with zero attached hydrogens (tertiary/aromatic N) is 3. The molecule has 1 rings (SSSR count). The molecule has 0 heterocycles. The lowest BCUT2D eigenvalue weighted by atomic mass is 10.1. The van der Waals surface area contributed by atoms with Crippen LogP contribution in [-0.4, -0.2) is 38.8 Å². The van der Waals surface area contributed by atoms with Gasteiger partial charge >= 0.3 is 0 Å². The van der Waals surface area contributed by atoms with Crippen LogP contribution in [0.2, 0.25) is 0 Å². The van der Waals surface area contributed by atoms with Gasteiger partial charge in [0.25, 0.3) is 10.0 Å². The highest BCUT2D eigenvalue weighted by Crippen LogP contribution is 2.01. The second-order valence-electron chi connectivity index (χ2n) is 3.58. The molecule has 5 nitrogen and oxygen atoms in total. The van der Waals surface area contributed by atoms with E-state index in [0.29, 0.717) is 0 Å². The molecule has 1 aromatic carbocycles. The van der Waals surface area contributed by atoms with E-state index in [1.165, 1.54) is 11.3 Å². The Balaban J connectivity index is 2.80. The molecule has 0 unspecified atom stereocenters. The van der Waals surface area contributed by atoms with Gasteiger partial charge in [0.05, 0.1) is 12.0 Å². The molecule has 0 fully saturated rings. The van der Waals surface area contributed by atoms with E-state index in [4.69, 9.17) is 0 Å². The van der Waals surface area contributed by atoms with Gasteiger partial charge in [-0.1, -0.05) is 30.3 Å². The van der Waals surface area contributed by atoms with E-state index in [1.54, 1.807) is 7.05 Å². The summed E-state index contributed by atoms with van der Waals surface area (Å²) in [5.41, 5.74) is 1.76. The molecular weight excluding hydrogens is 238 g/mol. The summed E-state index contributed by atoms with van der Waals surface area (Å²) in [6.45, 7) is 1.85. The normalized spacial score (nSPS) is 13.0. The Kier molecular flexibility index (Phi) is 4.39. The zero-order valence-electron chi connectivity index (χ0n) is 10.0. The van der Waals surface area contributed by atoms with Crippen molar-refractivity contribution >= 4 is 22.1 Å².